The Bertz CT molecular complexity index is 406. The average molecular weight is 290 g/mol. The number of hydrogen-bond acceptors (Lipinski definition) is 5. The number of carbonyl (C=O) groups excluding carboxylic acids is 1. The standard InChI is InChI=1S/C13H22O5S/c1-17-13(18-2)8-12(14)9-6-10-4-3-5-11(7-9)19(10,15)16/h9-11,13H,3-8H2,1-2H3. The highest BCUT2D eigenvalue weighted by molar-refractivity contribution is 7.92. The fourth-order valence-corrected chi connectivity index (χ4v) is 5.80. The van der Waals surface area contributed by atoms with Crippen molar-refractivity contribution in [1.82, 2.24) is 0 Å². The van der Waals surface area contributed by atoms with Crippen molar-refractivity contribution in [1.29, 1.82) is 0 Å². The second-order valence-electron chi connectivity index (χ2n) is 5.50. The van der Waals surface area contributed by atoms with Gasteiger partial charge in [0, 0.05) is 20.1 Å². The van der Waals surface area contributed by atoms with Gasteiger partial charge in [0.2, 0.25) is 0 Å². The number of sulfone groups is 1. The van der Waals surface area contributed by atoms with Crippen LogP contribution in [0.3, 0.4) is 0 Å². The van der Waals surface area contributed by atoms with Gasteiger partial charge in [0.1, 0.15) is 5.78 Å². The summed E-state index contributed by atoms with van der Waals surface area (Å²) in [5.41, 5.74) is 0. The van der Waals surface area contributed by atoms with Crippen LogP contribution in [-0.4, -0.2) is 45.2 Å². The SMILES string of the molecule is COC(CC(=O)C1CC2CCCC(C1)S2(=O)=O)OC. The minimum Gasteiger partial charge on any atom is -0.355 e. The van der Waals surface area contributed by atoms with Gasteiger partial charge in [-0.15, -0.1) is 0 Å². The summed E-state index contributed by atoms with van der Waals surface area (Å²) in [7, 11) is 0.0167. The smallest absolute Gasteiger partial charge is 0.163 e. The fourth-order valence-electron chi connectivity index (χ4n) is 3.27. The van der Waals surface area contributed by atoms with Crippen molar-refractivity contribution >= 4 is 15.6 Å². The first-order valence-corrected chi connectivity index (χ1v) is 8.41. The molecule has 0 radical (unpaired) electrons. The van der Waals surface area contributed by atoms with Crippen LogP contribution in [0.25, 0.3) is 0 Å². The molecule has 2 rings (SSSR count). The molecule has 19 heavy (non-hydrogen) atoms. The zero-order chi connectivity index (χ0) is 14.0. The lowest BCUT2D eigenvalue weighted by Gasteiger charge is -2.38. The zero-order valence-electron chi connectivity index (χ0n) is 11.5. The molecule has 0 spiro atoms. The molecule has 2 atom stereocenters. The summed E-state index contributed by atoms with van der Waals surface area (Å²) < 4.78 is 34.3. The summed E-state index contributed by atoms with van der Waals surface area (Å²) in [4.78, 5) is 12.2. The molecular formula is C13H22O5S. The molecule has 6 heteroatoms. The summed E-state index contributed by atoms with van der Waals surface area (Å²) in [5, 5.41) is -0.616. The number of ether oxygens (including phenoxy) is 2. The summed E-state index contributed by atoms with van der Waals surface area (Å²) in [6, 6.07) is 0. The Balaban J connectivity index is 2.02. The van der Waals surface area contributed by atoms with Gasteiger partial charge in [-0.3, -0.25) is 4.79 Å². The van der Waals surface area contributed by atoms with Gasteiger partial charge in [0.15, 0.2) is 16.1 Å². The van der Waals surface area contributed by atoms with E-state index >= 15 is 0 Å². The molecule has 2 aliphatic rings. The Hall–Kier alpha value is -0.460. The van der Waals surface area contributed by atoms with Gasteiger partial charge in [-0.05, 0) is 25.7 Å². The van der Waals surface area contributed by atoms with Gasteiger partial charge in [-0.2, -0.15) is 0 Å². The summed E-state index contributed by atoms with van der Waals surface area (Å²) in [6.45, 7) is 0. The van der Waals surface area contributed by atoms with Crippen LogP contribution in [0.4, 0.5) is 0 Å². The summed E-state index contributed by atoms with van der Waals surface area (Å²) in [6.07, 6.45) is 3.04. The van der Waals surface area contributed by atoms with E-state index in [1.165, 1.54) is 14.2 Å². The van der Waals surface area contributed by atoms with E-state index in [-0.39, 0.29) is 28.6 Å². The highest BCUT2D eigenvalue weighted by Crippen LogP contribution is 2.40. The van der Waals surface area contributed by atoms with Crippen molar-refractivity contribution < 1.29 is 22.7 Å². The molecule has 2 unspecified atom stereocenters. The number of ketones is 1. The number of hydrogen-bond donors (Lipinski definition) is 0. The summed E-state index contributed by atoms with van der Waals surface area (Å²) in [5.74, 6) is -0.0767. The van der Waals surface area contributed by atoms with Crippen LogP contribution < -0.4 is 0 Å². The molecule has 5 nitrogen and oxygen atoms in total. The molecule has 0 aromatic rings. The Morgan fingerprint density at radius 3 is 2.16 bits per heavy atom. The Labute approximate surface area is 114 Å². The average Bonchev–Trinajstić information content (AvgIpc) is 2.34. The molecule has 2 bridgehead atoms. The largest absolute Gasteiger partial charge is 0.355 e. The Morgan fingerprint density at radius 2 is 1.68 bits per heavy atom. The van der Waals surface area contributed by atoms with E-state index < -0.39 is 16.1 Å². The van der Waals surface area contributed by atoms with E-state index in [0.717, 1.165) is 6.42 Å². The molecule has 0 aromatic carbocycles. The first-order valence-electron chi connectivity index (χ1n) is 6.80. The maximum atomic E-state index is 12.2. The van der Waals surface area contributed by atoms with Crippen molar-refractivity contribution in [3.8, 4) is 0 Å². The monoisotopic (exact) mass is 290 g/mol. The zero-order valence-corrected chi connectivity index (χ0v) is 12.3. The Morgan fingerprint density at radius 1 is 1.16 bits per heavy atom. The third-order valence-electron chi connectivity index (χ3n) is 4.43. The van der Waals surface area contributed by atoms with Gasteiger partial charge >= 0.3 is 0 Å². The molecule has 0 N–H and O–H groups in total. The minimum absolute atomic E-state index is 0.0699. The Kier molecular flexibility index (Phi) is 4.63. The number of carbonyl (C=O) groups is 1. The lowest BCUT2D eigenvalue weighted by molar-refractivity contribution is -0.141. The number of Topliss-reactive ketones (excluding diaryl/α,β-unsaturated/α-hetero) is 1. The van der Waals surface area contributed by atoms with E-state index in [1.54, 1.807) is 0 Å². The number of methoxy groups -OCH3 is 2. The van der Waals surface area contributed by atoms with Crippen LogP contribution in [0.15, 0.2) is 0 Å². The van der Waals surface area contributed by atoms with Crippen molar-refractivity contribution in [2.75, 3.05) is 14.2 Å². The van der Waals surface area contributed by atoms with Gasteiger partial charge in [-0.1, -0.05) is 6.42 Å². The third kappa shape index (κ3) is 3.01. The van der Waals surface area contributed by atoms with Crippen molar-refractivity contribution in [3.05, 3.63) is 0 Å². The van der Waals surface area contributed by atoms with E-state index in [4.69, 9.17) is 9.47 Å². The molecule has 2 saturated heterocycles. The van der Waals surface area contributed by atoms with Crippen LogP contribution in [0.5, 0.6) is 0 Å². The molecule has 0 saturated carbocycles. The van der Waals surface area contributed by atoms with Crippen LogP contribution in [-0.2, 0) is 24.1 Å². The van der Waals surface area contributed by atoms with Crippen LogP contribution in [0, 0.1) is 5.92 Å². The van der Waals surface area contributed by atoms with E-state index in [1.807, 2.05) is 0 Å². The maximum absolute atomic E-state index is 12.2. The van der Waals surface area contributed by atoms with E-state index in [9.17, 15) is 13.2 Å². The quantitative estimate of drug-likeness (QED) is 0.714. The molecule has 2 aliphatic heterocycles. The van der Waals surface area contributed by atoms with E-state index in [2.05, 4.69) is 0 Å². The topological polar surface area (TPSA) is 69.7 Å². The van der Waals surface area contributed by atoms with Crippen LogP contribution in [0.2, 0.25) is 0 Å². The first-order chi connectivity index (χ1) is 8.98. The molecule has 0 aliphatic carbocycles. The normalized spacial score (nSPS) is 33.3. The van der Waals surface area contributed by atoms with Crippen molar-refractivity contribution in [3.63, 3.8) is 0 Å². The minimum atomic E-state index is -2.99. The number of rotatable bonds is 5. The van der Waals surface area contributed by atoms with Gasteiger partial charge in [0.25, 0.3) is 0 Å². The predicted molar refractivity (Wildman–Crippen MR) is 70.5 cm³/mol. The molecule has 110 valence electrons. The highest BCUT2D eigenvalue weighted by Gasteiger charge is 2.45. The fraction of sp³-hybridized carbons (Fsp3) is 0.923. The van der Waals surface area contributed by atoms with Gasteiger partial charge in [0.05, 0.1) is 16.9 Å². The van der Waals surface area contributed by atoms with Crippen molar-refractivity contribution in [2.24, 2.45) is 5.92 Å². The summed E-state index contributed by atoms with van der Waals surface area (Å²) >= 11 is 0. The molecule has 2 heterocycles. The molecule has 0 amide bonds. The van der Waals surface area contributed by atoms with Crippen LogP contribution in [0.1, 0.15) is 38.5 Å². The second-order valence-corrected chi connectivity index (χ2v) is 8.02. The second kappa shape index (κ2) is 5.89. The van der Waals surface area contributed by atoms with Gasteiger partial charge in [-0.25, -0.2) is 8.42 Å². The molecule has 2 fully saturated rings. The first kappa shape index (κ1) is 14.9. The molecular weight excluding hydrogens is 268 g/mol. The predicted octanol–water partition coefficient (Wildman–Crippen LogP) is 1.31. The van der Waals surface area contributed by atoms with Gasteiger partial charge < -0.3 is 9.47 Å². The molecule has 0 aromatic heterocycles. The third-order valence-corrected chi connectivity index (χ3v) is 7.14. The van der Waals surface area contributed by atoms with Crippen LogP contribution >= 0.6 is 0 Å². The lowest BCUT2D eigenvalue weighted by Crippen LogP contribution is -2.45. The van der Waals surface area contributed by atoms with E-state index in [0.29, 0.717) is 25.7 Å². The number of fused-ring (bicyclic) bond motifs is 2. The lowest BCUT2D eigenvalue weighted by atomic mass is 9.85. The highest BCUT2D eigenvalue weighted by atomic mass is 32.2. The maximum Gasteiger partial charge on any atom is 0.163 e. The van der Waals surface area contributed by atoms with Crippen molar-refractivity contribution in [2.45, 2.75) is 55.3 Å².